The second-order valence-corrected chi connectivity index (χ2v) is 4.16. The molecule has 0 aliphatic carbocycles. The highest BCUT2D eigenvalue weighted by atomic mass is 16.6. The average Bonchev–Trinajstić information content (AvgIpc) is 2.49. The highest BCUT2D eigenvalue weighted by Crippen LogP contribution is 2.14. The predicted octanol–water partition coefficient (Wildman–Crippen LogP) is 1.75. The van der Waals surface area contributed by atoms with Crippen LogP contribution in [0.15, 0.2) is 41.9 Å². The molecular formula is C14H21N5O2. The fraction of sp³-hybridized carbons (Fsp3) is 0.357. The van der Waals surface area contributed by atoms with Crippen LogP contribution in [0.4, 0.5) is 11.4 Å². The molecule has 0 radical (unpaired) electrons. The first-order valence-corrected chi connectivity index (χ1v) is 6.78. The Kier molecular flexibility index (Phi) is 7.34. The number of nitrogens with one attached hydrogen (secondary N) is 3. The van der Waals surface area contributed by atoms with Gasteiger partial charge in [-0.3, -0.25) is 15.1 Å². The van der Waals surface area contributed by atoms with E-state index in [1.165, 1.54) is 12.1 Å². The summed E-state index contributed by atoms with van der Waals surface area (Å²) in [5, 5.41) is 19.9. The van der Waals surface area contributed by atoms with E-state index in [4.69, 9.17) is 0 Å². The van der Waals surface area contributed by atoms with Crippen LogP contribution in [0.2, 0.25) is 0 Å². The number of nitro benzene ring substituents is 1. The van der Waals surface area contributed by atoms with Gasteiger partial charge in [-0.25, -0.2) is 0 Å². The summed E-state index contributed by atoms with van der Waals surface area (Å²) in [4.78, 5) is 14.5. The van der Waals surface area contributed by atoms with Crippen molar-refractivity contribution in [1.29, 1.82) is 0 Å². The van der Waals surface area contributed by atoms with Crippen molar-refractivity contribution in [3.8, 4) is 0 Å². The summed E-state index contributed by atoms with van der Waals surface area (Å²) < 4.78 is 0. The van der Waals surface area contributed by atoms with E-state index in [1.54, 1.807) is 18.2 Å². The minimum atomic E-state index is -0.415. The molecule has 0 saturated heterocycles. The average molecular weight is 291 g/mol. The van der Waals surface area contributed by atoms with Crippen LogP contribution >= 0.6 is 0 Å². The van der Waals surface area contributed by atoms with Gasteiger partial charge >= 0.3 is 0 Å². The molecule has 0 unspecified atom stereocenters. The number of aliphatic imine (C=N–C) groups is 1. The van der Waals surface area contributed by atoms with Crippen LogP contribution in [0.1, 0.15) is 6.92 Å². The molecule has 0 aromatic heterocycles. The molecule has 0 aliphatic heterocycles. The second-order valence-electron chi connectivity index (χ2n) is 4.16. The van der Waals surface area contributed by atoms with E-state index < -0.39 is 4.92 Å². The smallest absolute Gasteiger partial charge is 0.269 e. The Morgan fingerprint density at radius 1 is 1.38 bits per heavy atom. The highest BCUT2D eigenvalue weighted by molar-refractivity contribution is 5.79. The molecule has 7 nitrogen and oxygen atoms in total. The van der Waals surface area contributed by atoms with Crippen molar-refractivity contribution < 1.29 is 4.92 Å². The minimum absolute atomic E-state index is 0.0848. The molecule has 0 saturated carbocycles. The molecule has 21 heavy (non-hydrogen) atoms. The standard InChI is InChI=1S/C14H21N5O2/c1-3-9-17-14(15-4-2)18-11-10-16-12-5-7-13(8-6-12)19(20)21/h3,5-8,16H,1,4,9-11H2,2H3,(H2,15,17,18). The zero-order valence-corrected chi connectivity index (χ0v) is 12.1. The molecular weight excluding hydrogens is 270 g/mol. The summed E-state index contributed by atoms with van der Waals surface area (Å²) in [5.41, 5.74) is 0.918. The molecule has 3 N–H and O–H groups in total. The third-order valence-corrected chi connectivity index (χ3v) is 2.55. The first-order chi connectivity index (χ1) is 10.2. The fourth-order valence-corrected chi connectivity index (χ4v) is 1.58. The Hall–Kier alpha value is -2.57. The summed E-state index contributed by atoms with van der Waals surface area (Å²) in [7, 11) is 0. The lowest BCUT2D eigenvalue weighted by Gasteiger charge is -2.10. The molecule has 0 atom stereocenters. The molecule has 0 heterocycles. The predicted molar refractivity (Wildman–Crippen MR) is 85.8 cm³/mol. The summed E-state index contributed by atoms with van der Waals surface area (Å²) in [5.74, 6) is 0.739. The number of anilines is 1. The van der Waals surface area contributed by atoms with E-state index in [1.807, 2.05) is 6.92 Å². The van der Waals surface area contributed by atoms with Gasteiger partial charge in [0.1, 0.15) is 0 Å². The minimum Gasteiger partial charge on any atom is -0.383 e. The van der Waals surface area contributed by atoms with Crippen molar-refractivity contribution in [2.24, 2.45) is 4.99 Å². The van der Waals surface area contributed by atoms with Crippen molar-refractivity contribution >= 4 is 17.3 Å². The van der Waals surface area contributed by atoms with Gasteiger partial charge in [0.2, 0.25) is 0 Å². The van der Waals surface area contributed by atoms with Crippen LogP contribution < -0.4 is 16.0 Å². The van der Waals surface area contributed by atoms with Crippen molar-refractivity contribution in [3.05, 3.63) is 47.0 Å². The fourth-order valence-electron chi connectivity index (χ4n) is 1.58. The van der Waals surface area contributed by atoms with Gasteiger partial charge in [-0.2, -0.15) is 0 Å². The lowest BCUT2D eigenvalue weighted by Crippen LogP contribution is -2.37. The van der Waals surface area contributed by atoms with Gasteiger partial charge in [-0.05, 0) is 19.1 Å². The first-order valence-electron chi connectivity index (χ1n) is 6.78. The van der Waals surface area contributed by atoms with E-state index in [9.17, 15) is 10.1 Å². The van der Waals surface area contributed by atoms with Gasteiger partial charge in [0.25, 0.3) is 5.69 Å². The number of hydrogen-bond donors (Lipinski definition) is 3. The van der Waals surface area contributed by atoms with Gasteiger partial charge in [-0.1, -0.05) is 6.08 Å². The number of nitrogens with zero attached hydrogens (tertiary/aromatic N) is 2. The summed E-state index contributed by atoms with van der Waals surface area (Å²) in [6, 6.07) is 6.31. The molecule has 7 heteroatoms. The Labute approximate surface area is 124 Å². The zero-order valence-electron chi connectivity index (χ0n) is 12.1. The summed E-state index contributed by atoms with van der Waals surface area (Å²) >= 11 is 0. The Bertz CT molecular complexity index is 485. The normalized spacial score (nSPS) is 10.8. The molecule has 0 bridgehead atoms. The van der Waals surface area contributed by atoms with Crippen molar-refractivity contribution in [1.82, 2.24) is 10.6 Å². The zero-order chi connectivity index (χ0) is 15.5. The number of nitro groups is 1. The first kappa shape index (κ1) is 16.5. The van der Waals surface area contributed by atoms with Crippen LogP contribution in [0.5, 0.6) is 0 Å². The molecule has 0 fully saturated rings. The van der Waals surface area contributed by atoms with Crippen molar-refractivity contribution in [2.45, 2.75) is 6.92 Å². The molecule has 0 aliphatic rings. The molecule has 1 rings (SSSR count). The van der Waals surface area contributed by atoms with Crippen LogP contribution in [0, 0.1) is 10.1 Å². The lowest BCUT2D eigenvalue weighted by atomic mass is 10.3. The van der Waals surface area contributed by atoms with Crippen LogP contribution in [0.3, 0.4) is 0 Å². The highest BCUT2D eigenvalue weighted by Gasteiger charge is 2.03. The molecule has 1 aromatic rings. The van der Waals surface area contributed by atoms with Gasteiger partial charge < -0.3 is 16.0 Å². The Morgan fingerprint density at radius 2 is 2.10 bits per heavy atom. The number of hydrogen-bond acceptors (Lipinski definition) is 4. The maximum atomic E-state index is 10.5. The topological polar surface area (TPSA) is 91.6 Å². The molecule has 0 amide bonds. The molecule has 0 spiro atoms. The van der Waals surface area contributed by atoms with Gasteiger partial charge in [0, 0.05) is 37.5 Å². The third-order valence-electron chi connectivity index (χ3n) is 2.55. The Balaban J connectivity index is 2.40. The number of guanidine groups is 1. The summed E-state index contributed by atoms with van der Waals surface area (Å²) in [6.45, 7) is 8.32. The van der Waals surface area contributed by atoms with E-state index in [2.05, 4.69) is 27.5 Å². The van der Waals surface area contributed by atoms with Gasteiger partial charge in [-0.15, -0.1) is 6.58 Å². The molecule has 114 valence electrons. The van der Waals surface area contributed by atoms with Crippen LogP contribution in [0.25, 0.3) is 0 Å². The summed E-state index contributed by atoms with van der Waals surface area (Å²) in [6.07, 6.45) is 1.77. The van der Waals surface area contributed by atoms with Crippen LogP contribution in [-0.4, -0.2) is 37.1 Å². The third kappa shape index (κ3) is 6.42. The van der Waals surface area contributed by atoms with Gasteiger partial charge in [0.15, 0.2) is 5.96 Å². The van der Waals surface area contributed by atoms with E-state index >= 15 is 0 Å². The largest absolute Gasteiger partial charge is 0.383 e. The Morgan fingerprint density at radius 3 is 2.67 bits per heavy atom. The maximum absolute atomic E-state index is 10.5. The number of rotatable bonds is 8. The van der Waals surface area contributed by atoms with E-state index in [0.717, 1.165) is 18.2 Å². The van der Waals surface area contributed by atoms with E-state index in [0.29, 0.717) is 19.6 Å². The monoisotopic (exact) mass is 291 g/mol. The van der Waals surface area contributed by atoms with E-state index in [-0.39, 0.29) is 5.69 Å². The second kappa shape index (κ2) is 9.35. The quantitative estimate of drug-likeness (QED) is 0.169. The van der Waals surface area contributed by atoms with Gasteiger partial charge in [0.05, 0.1) is 11.5 Å². The maximum Gasteiger partial charge on any atom is 0.269 e. The van der Waals surface area contributed by atoms with Crippen molar-refractivity contribution in [2.75, 3.05) is 31.5 Å². The SMILES string of the molecule is C=CCNC(=NCCNc1ccc([N+](=O)[O-])cc1)NCC. The number of non-ortho nitro benzene ring substituents is 1. The number of benzene rings is 1. The van der Waals surface area contributed by atoms with Crippen molar-refractivity contribution in [3.63, 3.8) is 0 Å². The molecule has 1 aromatic carbocycles. The lowest BCUT2D eigenvalue weighted by molar-refractivity contribution is -0.384. The van der Waals surface area contributed by atoms with Crippen LogP contribution in [-0.2, 0) is 0 Å².